The Balaban J connectivity index is 2.36. The molecule has 0 bridgehead atoms. The van der Waals surface area contributed by atoms with E-state index in [2.05, 4.69) is 0 Å². The van der Waals surface area contributed by atoms with E-state index in [0.29, 0.717) is 13.1 Å². The third-order valence-electron chi connectivity index (χ3n) is 3.36. The number of nitrogens with zero attached hydrogens (tertiary/aromatic N) is 1. The highest BCUT2D eigenvalue weighted by Crippen LogP contribution is 2.31. The molecular formula is C12H17ClN2O2S. The zero-order chi connectivity index (χ0) is 13.3. The van der Waals surface area contributed by atoms with Crippen LogP contribution in [0.15, 0.2) is 29.2 Å². The molecule has 0 saturated carbocycles. The molecule has 1 heterocycles. The van der Waals surface area contributed by atoms with Crippen LogP contribution in [0, 0.1) is 5.92 Å². The first-order valence-corrected chi connectivity index (χ1v) is 7.75. The number of halogens is 1. The first-order valence-electron chi connectivity index (χ1n) is 5.93. The topological polar surface area (TPSA) is 63.4 Å². The molecule has 1 aliphatic heterocycles. The second kappa shape index (κ2) is 5.17. The van der Waals surface area contributed by atoms with E-state index >= 15 is 0 Å². The number of hydrogen-bond donors (Lipinski definition) is 1. The molecular weight excluding hydrogens is 272 g/mol. The molecule has 0 aliphatic carbocycles. The van der Waals surface area contributed by atoms with Crippen LogP contribution in [-0.2, 0) is 10.0 Å². The van der Waals surface area contributed by atoms with E-state index in [-0.39, 0.29) is 21.9 Å². The number of benzene rings is 1. The molecule has 0 spiro atoms. The van der Waals surface area contributed by atoms with Crippen LogP contribution >= 0.6 is 11.6 Å². The summed E-state index contributed by atoms with van der Waals surface area (Å²) in [6.45, 7) is 2.90. The quantitative estimate of drug-likeness (QED) is 0.921. The summed E-state index contributed by atoms with van der Waals surface area (Å²) in [5.41, 5.74) is 5.62. The fraction of sp³-hybridized carbons (Fsp3) is 0.500. The average molecular weight is 289 g/mol. The van der Waals surface area contributed by atoms with E-state index < -0.39 is 10.0 Å². The van der Waals surface area contributed by atoms with Crippen LogP contribution in [0.4, 0.5) is 0 Å². The molecule has 2 N–H and O–H groups in total. The first-order chi connectivity index (χ1) is 8.46. The van der Waals surface area contributed by atoms with Crippen LogP contribution in [0.1, 0.15) is 13.3 Å². The summed E-state index contributed by atoms with van der Waals surface area (Å²) in [6, 6.07) is 6.51. The fourth-order valence-corrected chi connectivity index (χ4v) is 4.61. The molecule has 2 unspecified atom stereocenters. The molecule has 0 radical (unpaired) electrons. The highest BCUT2D eigenvalue weighted by Gasteiger charge is 2.37. The van der Waals surface area contributed by atoms with E-state index in [0.717, 1.165) is 6.42 Å². The van der Waals surface area contributed by atoms with Gasteiger partial charge in [0.25, 0.3) is 0 Å². The summed E-state index contributed by atoms with van der Waals surface area (Å²) >= 11 is 5.97. The van der Waals surface area contributed by atoms with Crippen molar-refractivity contribution in [1.82, 2.24) is 4.31 Å². The van der Waals surface area contributed by atoms with Gasteiger partial charge in [0.2, 0.25) is 10.0 Å². The van der Waals surface area contributed by atoms with Gasteiger partial charge in [0.15, 0.2) is 0 Å². The maximum atomic E-state index is 12.5. The normalized spacial score (nSPS) is 25.5. The van der Waals surface area contributed by atoms with Gasteiger partial charge < -0.3 is 5.73 Å². The van der Waals surface area contributed by atoms with Gasteiger partial charge in [-0.1, -0.05) is 23.7 Å². The minimum atomic E-state index is -3.52. The SMILES string of the molecule is CC1CC(CN)CN1S(=O)(=O)c1ccccc1Cl. The molecule has 1 fully saturated rings. The largest absolute Gasteiger partial charge is 0.330 e. The summed E-state index contributed by atoms with van der Waals surface area (Å²) in [5.74, 6) is 0.234. The molecule has 0 amide bonds. The maximum absolute atomic E-state index is 12.5. The van der Waals surface area contributed by atoms with Gasteiger partial charge in [-0.15, -0.1) is 0 Å². The van der Waals surface area contributed by atoms with Crippen LogP contribution in [0.2, 0.25) is 5.02 Å². The zero-order valence-corrected chi connectivity index (χ0v) is 11.8. The Labute approximate surface area is 113 Å². The van der Waals surface area contributed by atoms with Crippen molar-refractivity contribution in [3.05, 3.63) is 29.3 Å². The molecule has 1 aromatic rings. The van der Waals surface area contributed by atoms with Gasteiger partial charge in [0, 0.05) is 12.6 Å². The highest BCUT2D eigenvalue weighted by atomic mass is 35.5. The zero-order valence-electron chi connectivity index (χ0n) is 10.2. The van der Waals surface area contributed by atoms with Crippen molar-refractivity contribution in [3.63, 3.8) is 0 Å². The summed E-state index contributed by atoms with van der Waals surface area (Å²) in [7, 11) is -3.52. The Morgan fingerprint density at radius 1 is 1.44 bits per heavy atom. The third-order valence-corrected chi connectivity index (χ3v) is 5.84. The Morgan fingerprint density at radius 3 is 2.67 bits per heavy atom. The van der Waals surface area contributed by atoms with Gasteiger partial charge in [-0.25, -0.2) is 8.42 Å². The second-order valence-corrected chi connectivity index (χ2v) is 6.96. The van der Waals surface area contributed by atoms with Crippen LogP contribution in [-0.4, -0.2) is 31.9 Å². The predicted molar refractivity (Wildman–Crippen MR) is 72.0 cm³/mol. The van der Waals surface area contributed by atoms with Crippen molar-refractivity contribution in [1.29, 1.82) is 0 Å². The maximum Gasteiger partial charge on any atom is 0.244 e. The van der Waals surface area contributed by atoms with Crippen LogP contribution in [0.3, 0.4) is 0 Å². The van der Waals surface area contributed by atoms with Crippen LogP contribution in [0.25, 0.3) is 0 Å². The van der Waals surface area contributed by atoms with E-state index in [1.165, 1.54) is 4.31 Å². The van der Waals surface area contributed by atoms with Crippen molar-refractivity contribution < 1.29 is 8.42 Å². The molecule has 100 valence electrons. The Hall–Kier alpha value is -0.620. The summed E-state index contributed by atoms with van der Waals surface area (Å²) < 4.78 is 26.6. The van der Waals surface area contributed by atoms with Gasteiger partial charge in [-0.2, -0.15) is 4.31 Å². The smallest absolute Gasteiger partial charge is 0.244 e. The van der Waals surface area contributed by atoms with Crippen molar-refractivity contribution in [2.24, 2.45) is 11.7 Å². The van der Waals surface area contributed by atoms with Crippen LogP contribution < -0.4 is 5.73 Å². The highest BCUT2D eigenvalue weighted by molar-refractivity contribution is 7.89. The molecule has 1 saturated heterocycles. The molecule has 0 aromatic heterocycles. The lowest BCUT2D eigenvalue weighted by Crippen LogP contribution is -2.34. The van der Waals surface area contributed by atoms with Gasteiger partial charge in [0.1, 0.15) is 4.90 Å². The summed E-state index contributed by atoms with van der Waals surface area (Å²) in [6.07, 6.45) is 0.806. The Morgan fingerprint density at radius 2 is 2.11 bits per heavy atom. The van der Waals surface area contributed by atoms with E-state index in [4.69, 9.17) is 17.3 Å². The first kappa shape index (κ1) is 13.8. The summed E-state index contributed by atoms with van der Waals surface area (Å²) in [4.78, 5) is 0.177. The minimum absolute atomic E-state index is 0.0279. The standard InChI is InChI=1S/C12H17ClN2O2S/c1-9-6-10(7-14)8-15(9)18(16,17)12-5-3-2-4-11(12)13/h2-5,9-10H,6-8,14H2,1H3. The average Bonchev–Trinajstić information content (AvgIpc) is 2.71. The predicted octanol–water partition coefficient (Wildman–Crippen LogP) is 1.70. The number of nitrogens with two attached hydrogens (primary N) is 1. The van der Waals surface area contributed by atoms with Crippen molar-refractivity contribution in [3.8, 4) is 0 Å². The lowest BCUT2D eigenvalue weighted by atomic mass is 10.1. The van der Waals surface area contributed by atoms with Gasteiger partial charge in [-0.05, 0) is 37.9 Å². The van der Waals surface area contributed by atoms with Gasteiger partial charge in [-0.3, -0.25) is 0 Å². The molecule has 1 aromatic carbocycles. The molecule has 6 heteroatoms. The minimum Gasteiger partial charge on any atom is -0.330 e. The number of rotatable bonds is 3. The van der Waals surface area contributed by atoms with Crippen LogP contribution in [0.5, 0.6) is 0 Å². The lowest BCUT2D eigenvalue weighted by molar-refractivity contribution is 0.404. The van der Waals surface area contributed by atoms with Gasteiger partial charge in [0.05, 0.1) is 5.02 Å². The number of hydrogen-bond acceptors (Lipinski definition) is 3. The van der Waals surface area contributed by atoms with Gasteiger partial charge >= 0.3 is 0 Å². The Kier molecular flexibility index (Phi) is 3.96. The number of sulfonamides is 1. The van der Waals surface area contributed by atoms with E-state index in [1.54, 1.807) is 24.3 Å². The van der Waals surface area contributed by atoms with Crippen molar-refractivity contribution >= 4 is 21.6 Å². The summed E-state index contributed by atoms with van der Waals surface area (Å²) in [5, 5.41) is 0.265. The molecule has 1 aliphatic rings. The third kappa shape index (κ3) is 2.40. The van der Waals surface area contributed by atoms with Crippen molar-refractivity contribution in [2.75, 3.05) is 13.1 Å². The molecule has 4 nitrogen and oxygen atoms in total. The molecule has 2 atom stereocenters. The van der Waals surface area contributed by atoms with E-state index in [1.807, 2.05) is 6.92 Å². The van der Waals surface area contributed by atoms with E-state index in [9.17, 15) is 8.42 Å². The Bertz CT molecular complexity index is 533. The molecule has 2 rings (SSSR count). The van der Waals surface area contributed by atoms with Crippen molar-refractivity contribution in [2.45, 2.75) is 24.3 Å². The fourth-order valence-electron chi connectivity index (χ4n) is 2.39. The lowest BCUT2D eigenvalue weighted by Gasteiger charge is -2.21. The monoisotopic (exact) mass is 288 g/mol. The second-order valence-electron chi connectivity index (χ2n) is 4.69. The molecule has 18 heavy (non-hydrogen) atoms.